The van der Waals surface area contributed by atoms with E-state index in [-0.39, 0.29) is 10.6 Å². The number of carbonyl (C=O) groups excluding carboxylic acids is 1. The summed E-state index contributed by atoms with van der Waals surface area (Å²) >= 11 is 0. The van der Waals surface area contributed by atoms with Crippen molar-refractivity contribution in [3.05, 3.63) is 24.3 Å². The second-order valence-corrected chi connectivity index (χ2v) is 6.12. The van der Waals surface area contributed by atoms with Crippen molar-refractivity contribution in [1.82, 2.24) is 0 Å². The first-order valence-electron chi connectivity index (χ1n) is 5.89. The Kier molecular flexibility index (Phi) is 5.35. The molecule has 0 aliphatic rings. The maximum Gasteiger partial charge on any atom is 0.309 e. The first-order valence-corrected chi connectivity index (χ1v) is 7.54. The van der Waals surface area contributed by atoms with Crippen molar-refractivity contribution >= 4 is 15.8 Å². The summed E-state index contributed by atoms with van der Waals surface area (Å²) in [5.74, 6) is -0.807. The van der Waals surface area contributed by atoms with E-state index in [2.05, 4.69) is 4.74 Å². The highest BCUT2D eigenvalue weighted by atomic mass is 32.2. The van der Waals surface area contributed by atoms with Gasteiger partial charge in [0, 0.05) is 0 Å². The van der Waals surface area contributed by atoms with Crippen molar-refractivity contribution in [3.63, 3.8) is 0 Å². The topological polar surface area (TPSA) is 69.7 Å². The smallest absolute Gasteiger partial charge is 0.309 e. The Balaban J connectivity index is 2.93. The summed E-state index contributed by atoms with van der Waals surface area (Å²) in [6.07, 6.45) is 0.419. The first kappa shape index (κ1) is 15.5. The number of rotatable bonds is 6. The van der Waals surface area contributed by atoms with Gasteiger partial charge >= 0.3 is 5.97 Å². The van der Waals surface area contributed by atoms with Gasteiger partial charge in [-0.15, -0.1) is 0 Å². The van der Waals surface area contributed by atoms with Crippen LogP contribution >= 0.6 is 0 Å². The standard InChI is InChI=1S/C13H18O5S/c1-4-10(13(14)18-3)9-19(15,16)12-7-5-11(17-2)6-8-12/h5-8,10H,4,9H2,1-3H3/t10-/m1/s1. The molecule has 0 aliphatic carbocycles. The van der Waals surface area contributed by atoms with Gasteiger partial charge in [-0.1, -0.05) is 6.92 Å². The van der Waals surface area contributed by atoms with Crippen LogP contribution in [-0.4, -0.2) is 34.4 Å². The molecule has 0 bridgehead atoms. The van der Waals surface area contributed by atoms with Crippen molar-refractivity contribution in [2.24, 2.45) is 5.92 Å². The van der Waals surface area contributed by atoms with E-state index in [0.717, 1.165) is 0 Å². The van der Waals surface area contributed by atoms with Crippen LogP contribution in [0.4, 0.5) is 0 Å². The van der Waals surface area contributed by atoms with Crippen molar-refractivity contribution in [1.29, 1.82) is 0 Å². The molecule has 1 atom stereocenters. The van der Waals surface area contributed by atoms with Crippen molar-refractivity contribution in [3.8, 4) is 5.75 Å². The molecule has 106 valence electrons. The summed E-state index contributed by atoms with van der Waals surface area (Å²) < 4.78 is 33.9. The second-order valence-electron chi connectivity index (χ2n) is 4.09. The number of hydrogen-bond donors (Lipinski definition) is 0. The lowest BCUT2D eigenvalue weighted by Gasteiger charge is -2.13. The molecular formula is C13H18O5S. The lowest BCUT2D eigenvalue weighted by Crippen LogP contribution is -2.24. The molecular weight excluding hydrogens is 268 g/mol. The number of methoxy groups -OCH3 is 2. The Morgan fingerprint density at radius 1 is 1.21 bits per heavy atom. The minimum absolute atomic E-state index is 0.177. The Labute approximate surface area is 113 Å². The van der Waals surface area contributed by atoms with Crippen LogP contribution in [0.3, 0.4) is 0 Å². The zero-order valence-electron chi connectivity index (χ0n) is 11.3. The van der Waals surface area contributed by atoms with Gasteiger partial charge in [0.15, 0.2) is 9.84 Å². The third kappa shape index (κ3) is 3.96. The summed E-state index contributed by atoms with van der Waals surface area (Å²) in [7, 11) is -0.745. The third-order valence-electron chi connectivity index (χ3n) is 2.87. The lowest BCUT2D eigenvalue weighted by atomic mass is 10.1. The van der Waals surface area contributed by atoms with E-state index < -0.39 is 21.7 Å². The summed E-state index contributed by atoms with van der Waals surface area (Å²) in [5, 5.41) is 0. The lowest BCUT2D eigenvalue weighted by molar-refractivity contribution is -0.144. The average Bonchev–Trinajstić information content (AvgIpc) is 2.44. The fourth-order valence-electron chi connectivity index (χ4n) is 1.66. The van der Waals surface area contributed by atoms with E-state index in [0.29, 0.717) is 12.2 Å². The van der Waals surface area contributed by atoms with E-state index in [4.69, 9.17) is 4.74 Å². The van der Waals surface area contributed by atoms with Gasteiger partial charge in [0.1, 0.15) is 5.75 Å². The second kappa shape index (κ2) is 6.56. The molecule has 19 heavy (non-hydrogen) atoms. The summed E-state index contributed by atoms with van der Waals surface area (Å²) in [4.78, 5) is 11.6. The van der Waals surface area contributed by atoms with Crippen LogP contribution in [0.15, 0.2) is 29.2 Å². The zero-order valence-corrected chi connectivity index (χ0v) is 12.1. The molecule has 1 aromatic carbocycles. The number of sulfone groups is 1. The van der Waals surface area contributed by atoms with Gasteiger partial charge in [0.25, 0.3) is 0 Å². The van der Waals surface area contributed by atoms with Gasteiger partial charge in [-0.05, 0) is 30.7 Å². The minimum Gasteiger partial charge on any atom is -0.497 e. The van der Waals surface area contributed by atoms with Crippen LogP contribution in [-0.2, 0) is 19.4 Å². The highest BCUT2D eigenvalue weighted by molar-refractivity contribution is 7.91. The molecule has 0 fully saturated rings. The summed E-state index contributed by atoms with van der Waals surface area (Å²) in [6.45, 7) is 1.76. The molecule has 0 N–H and O–H groups in total. The summed E-state index contributed by atoms with van der Waals surface area (Å²) in [6, 6.07) is 6.09. The molecule has 0 radical (unpaired) electrons. The number of ether oxygens (including phenoxy) is 2. The van der Waals surface area contributed by atoms with Crippen LogP contribution < -0.4 is 4.74 Å². The third-order valence-corrected chi connectivity index (χ3v) is 4.70. The highest BCUT2D eigenvalue weighted by Crippen LogP contribution is 2.20. The van der Waals surface area contributed by atoms with Gasteiger partial charge in [0.2, 0.25) is 0 Å². The molecule has 0 saturated heterocycles. The monoisotopic (exact) mass is 286 g/mol. The molecule has 6 heteroatoms. The summed E-state index contributed by atoms with van der Waals surface area (Å²) in [5.41, 5.74) is 0. The van der Waals surface area contributed by atoms with Crippen LogP contribution in [0.2, 0.25) is 0 Å². The van der Waals surface area contributed by atoms with E-state index in [1.165, 1.54) is 26.4 Å². The Morgan fingerprint density at radius 2 is 1.79 bits per heavy atom. The van der Waals surface area contributed by atoms with Gasteiger partial charge in [-0.3, -0.25) is 4.79 Å². The highest BCUT2D eigenvalue weighted by Gasteiger charge is 2.26. The number of hydrogen-bond acceptors (Lipinski definition) is 5. The molecule has 0 aliphatic heterocycles. The quantitative estimate of drug-likeness (QED) is 0.744. The Hall–Kier alpha value is -1.56. The molecule has 1 rings (SSSR count). The normalized spacial score (nSPS) is 12.8. The van der Waals surface area contributed by atoms with E-state index in [1.54, 1.807) is 19.1 Å². The van der Waals surface area contributed by atoms with Crippen molar-refractivity contribution in [2.75, 3.05) is 20.0 Å². The molecule has 0 heterocycles. The fourth-order valence-corrected chi connectivity index (χ4v) is 3.31. The van der Waals surface area contributed by atoms with E-state index in [1.807, 2.05) is 0 Å². The van der Waals surface area contributed by atoms with Gasteiger partial charge < -0.3 is 9.47 Å². The molecule has 1 aromatic rings. The Bertz CT molecular complexity index is 518. The van der Waals surface area contributed by atoms with Crippen LogP contribution in [0.5, 0.6) is 5.75 Å². The number of carbonyl (C=O) groups is 1. The van der Waals surface area contributed by atoms with Crippen LogP contribution in [0.25, 0.3) is 0 Å². The largest absolute Gasteiger partial charge is 0.497 e. The van der Waals surface area contributed by atoms with E-state index in [9.17, 15) is 13.2 Å². The van der Waals surface area contributed by atoms with Crippen molar-refractivity contribution in [2.45, 2.75) is 18.2 Å². The van der Waals surface area contributed by atoms with Crippen molar-refractivity contribution < 1.29 is 22.7 Å². The van der Waals surface area contributed by atoms with Crippen LogP contribution in [0.1, 0.15) is 13.3 Å². The molecule has 0 spiro atoms. The van der Waals surface area contributed by atoms with Gasteiger partial charge in [-0.25, -0.2) is 8.42 Å². The first-order chi connectivity index (χ1) is 8.94. The average molecular weight is 286 g/mol. The van der Waals surface area contributed by atoms with Gasteiger partial charge in [0.05, 0.1) is 30.8 Å². The zero-order chi connectivity index (χ0) is 14.5. The molecule has 0 amide bonds. The SMILES string of the molecule is CC[C@H](CS(=O)(=O)c1ccc(OC)cc1)C(=O)OC. The van der Waals surface area contributed by atoms with Gasteiger partial charge in [-0.2, -0.15) is 0 Å². The predicted octanol–water partition coefficient (Wildman–Crippen LogP) is 1.67. The van der Waals surface area contributed by atoms with E-state index >= 15 is 0 Å². The number of esters is 1. The molecule has 0 aromatic heterocycles. The molecule has 5 nitrogen and oxygen atoms in total. The maximum atomic E-state index is 12.2. The maximum absolute atomic E-state index is 12.2. The number of benzene rings is 1. The Morgan fingerprint density at radius 3 is 2.21 bits per heavy atom. The minimum atomic E-state index is -3.51. The fraction of sp³-hybridized carbons (Fsp3) is 0.462. The van der Waals surface area contributed by atoms with Crippen LogP contribution in [0, 0.1) is 5.92 Å². The molecule has 0 saturated carbocycles. The molecule has 0 unspecified atom stereocenters. The predicted molar refractivity (Wildman–Crippen MR) is 70.8 cm³/mol.